The van der Waals surface area contributed by atoms with Crippen LogP contribution in [0.15, 0.2) is 30.5 Å². The van der Waals surface area contributed by atoms with Crippen LogP contribution in [0.4, 0.5) is 0 Å². The predicted octanol–water partition coefficient (Wildman–Crippen LogP) is 3.94. The van der Waals surface area contributed by atoms with Crippen molar-refractivity contribution in [3.8, 4) is 0 Å². The fraction of sp³-hybridized carbons (Fsp3) is 0.556. The lowest BCUT2D eigenvalue weighted by molar-refractivity contribution is 0.275. The summed E-state index contributed by atoms with van der Waals surface area (Å²) in [7, 11) is 0. The Balaban J connectivity index is 1.44. The summed E-state index contributed by atoms with van der Waals surface area (Å²) in [5, 5.41) is 3.52. The van der Waals surface area contributed by atoms with Crippen LogP contribution in [-0.4, -0.2) is 16.5 Å². The molecule has 1 aromatic heterocycles. The number of benzene rings is 1. The number of hydrogen-bond donors (Lipinski definition) is 1. The summed E-state index contributed by atoms with van der Waals surface area (Å²) >= 11 is 0. The van der Waals surface area contributed by atoms with Gasteiger partial charge >= 0.3 is 0 Å². The van der Waals surface area contributed by atoms with Crippen LogP contribution in [-0.2, 0) is 6.54 Å². The molecule has 0 bridgehead atoms. The van der Waals surface area contributed by atoms with E-state index in [1.54, 1.807) is 0 Å². The van der Waals surface area contributed by atoms with Crippen LogP contribution in [0.1, 0.15) is 44.7 Å². The zero-order valence-electron chi connectivity index (χ0n) is 12.9. The molecule has 112 valence electrons. The molecule has 0 saturated heterocycles. The Hall–Kier alpha value is -1.48. The maximum atomic E-state index is 4.64. The molecular weight excluding hydrogens is 258 g/mol. The molecule has 0 amide bonds. The van der Waals surface area contributed by atoms with E-state index in [2.05, 4.69) is 22.2 Å². The Morgan fingerprint density at radius 3 is 2.67 bits per heavy atom. The van der Waals surface area contributed by atoms with Crippen LogP contribution in [0, 0.1) is 11.8 Å². The first-order valence-electron chi connectivity index (χ1n) is 8.22. The molecule has 3 rings (SSSR count). The first kappa shape index (κ1) is 14.5. The third-order valence-electron chi connectivity index (χ3n) is 4.67. The molecule has 1 aromatic carbocycles. The van der Waals surface area contributed by atoms with Crippen LogP contribution in [0.2, 0.25) is 0 Å². The Morgan fingerprint density at radius 2 is 1.86 bits per heavy atom. The zero-order valence-corrected chi connectivity index (χ0v) is 12.9. The molecule has 2 aromatic rings. The highest BCUT2D eigenvalue weighted by atomic mass is 14.9. The molecule has 0 radical (unpaired) electrons. The Morgan fingerprint density at radius 1 is 1.10 bits per heavy atom. The monoisotopic (exact) mass is 283 g/mol. The lowest BCUT2D eigenvalue weighted by Gasteiger charge is -2.26. The molecule has 0 atom stereocenters. The number of nitrogens with one attached hydrogen (secondary N) is 1. The molecule has 0 unspecified atom stereocenters. The van der Waals surface area contributed by atoms with Crippen LogP contribution in [0.3, 0.4) is 0 Å². The van der Waals surface area contributed by atoms with Crippen molar-refractivity contribution in [2.45, 2.75) is 45.6 Å². The largest absolute Gasteiger partial charge is 0.311 e. The van der Waals surface area contributed by atoms with Crippen LogP contribution >= 0.6 is 0 Å². The van der Waals surface area contributed by atoms with Gasteiger partial charge < -0.3 is 5.32 Å². The molecule has 1 aliphatic rings. The van der Waals surface area contributed by atoms with Gasteiger partial charge in [0, 0.05) is 6.54 Å². The molecular formula is C18H25N3. The first-order valence-corrected chi connectivity index (χ1v) is 8.22. The molecule has 3 nitrogen and oxygen atoms in total. The summed E-state index contributed by atoms with van der Waals surface area (Å²) < 4.78 is 0. The van der Waals surface area contributed by atoms with Gasteiger partial charge in [0.15, 0.2) is 0 Å². The predicted molar refractivity (Wildman–Crippen MR) is 87.0 cm³/mol. The van der Waals surface area contributed by atoms with Crippen molar-refractivity contribution in [2.24, 2.45) is 11.8 Å². The SMILES string of the molecule is CC1CCC(CCNCc2cnc3ccccc3n2)CC1. The number of rotatable bonds is 5. The van der Waals surface area contributed by atoms with E-state index in [1.165, 1.54) is 32.1 Å². The number of aromatic nitrogens is 2. The summed E-state index contributed by atoms with van der Waals surface area (Å²) in [5.41, 5.74) is 2.99. The van der Waals surface area contributed by atoms with Gasteiger partial charge in [-0.05, 0) is 36.9 Å². The zero-order chi connectivity index (χ0) is 14.5. The van der Waals surface area contributed by atoms with E-state index in [1.807, 2.05) is 30.5 Å². The summed E-state index contributed by atoms with van der Waals surface area (Å²) in [5.74, 6) is 1.87. The lowest BCUT2D eigenvalue weighted by atomic mass is 9.81. The molecule has 1 aliphatic carbocycles. The maximum Gasteiger partial charge on any atom is 0.0890 e. The van der Waals surface area contributed by atoms with Gasteiger partial charge in [0.25, 0.3) is 0 Å². The Labute approximate surface area is 127 Å². The van der Waals surface area contributed by atoms with Gasteiger partial charge in [0.1, 0.15) is 0 Å². The van der Waals surface area contributed by atoms with E-state index in [4.69, 9.17) is 0 Å². The Bertz CT molecular complexity index is 573. The summed E-state index contributed by atoms with van der Waals surface area (Å²) in [4.78, 5) is 9.10. The molecule has 0 spiro atoms. The van der Waals surface area contributed by atoms with E-state index in [0.717, 1.165) is 41.7 Å². The maximum absolute atomic E-state index is 4.64. The number of hydrogen-bond acceptors (Lipinski definition) is 3. The minimum absolute atomic E-state index is 0.820. The quantitative estimate of drug-likeness (QED) is 0.845. The van der Waals surface area contributed by atoms with E-state index in [9.17, 15) is 0 Å². The van der Waals surface area contributed by atoms with Crippen molar-refractivity contribution in [1.82, 2.24) is 15.3 Å². The van der Waals surface area contributed by atoms with E-state index in [-0.39, 0.29) is 0 Å². The van der Waals surface area contributed by atoms with Crippen molar-refractivity contribution < 1.29 is 0 Å². The van der Waals surface area contributed by atoms with Crippen molar-refractivity contribution in [3.05, 3.63) is 36.2 Å². The third-order valence-corrected chi connectivity index (χ3v) is 4.67. The normalized spacial score (nSPS) is 22.5. The molecule has 1 heterocycles. The fourth-order valence-electron chi connectivity index (χ4n) is 3.22. The highest BCUT2D eigenvalue weighted by molar-refractivity contribution is 5.73. The van der Waals surface area contributed by atoms with Crippen molar-refractivity contribution in [2.75, 3.05) is 6.54 Å². The van der Waals surface area contributed by atoms with Crippen molar-refractivity contribution in [1.29, 1.82) is 0 Å². The van der Waals surface area contributed by atoms with Crippen LogP contribution in [0.5, 0.6) is 0 Å². The van der Waals surface area contributed by atoms with E-state index >= 15 is 0 Å². The fourth-order valence-corrected chi connectivity index (χ4v) is 3.22. The van der Waals surface area contributed by atoms with Gasteiger partial charge in [0.2, 0.25) is 0 Å². The van der Waals surface area contributed by atoms with E-state index < -0.39 is 0 Å². The number of fused-ring (bicyclic) bond motifs is 1. The second-order valence-corrected chi connectivity index (χ2v) is 6.44. The van der Waals surface area contributed by atoms with Crippen LogP contribution < -0.4 is 5.32 Å². The lowest BCUT2D eigenvalue weighted by Crippen LogP contribution is -2.21. The van der Waals surface area contributed by atoms with Gasteiger partial charge in [-0.25, -0.2) is 4.98 Å². The standard InChI is InChI=1S/C18H25N3/c1-14-6-8-15(9-7-14)10-11-19-12-16-13-20-17-4-2-3-5-18(17)21-16/h2-5,13-15,19H,6-12H2,1H3. The Kier molecular flexibility index (Phi) is 4.81. The minimum Gasteiger partial charge on any atom is -0.311 e. The smallest absolute Gasteiger partial charge is 0.0890 e. The molecule has 21 heavy (non-hydrogen) atoms. The van der Waals surface area contributed by atoms with Gasteiger partial charge in [-0.15, -0.1) is 0 Å². The van der Waals surface area contributed by atoms with Crippen molar-refractivity contribution >= 4 is 11.0 Å². The average Bonchev–Trinajstić information content (AvgIpc) is 2.53. The van der Waals surface area contributed by atoms with E-state index in [0.29, 0.717) is 0 Å². The highest BCUT2D eigenvalue weighted by Crippen LogP contribution is 2.29. The van der Waals surface area contributed by atoms with Crippen LogP contribution in [0.25, 0.3) is 11.0 Å². The molecule has 3 heteroatoms. The molecule has 1 N–H and O–H groups in total. The first-order chi connectivity index (χ1) is 10.3. The van der Waals surface area contributed by atoms with Gasteiger partial charge in [-0.2, -0.15) is 0 Å². The second-order valence-electron chi connectivity index (χ2n) is 6.44. The molecule has 0 aliphatic heterocycles. The third kappa shape index (κ3) is 4.01. The summed E-state index contributed by atoms with van der Waals surface area (Å²) in [6, 6.07) is 8.04. The average molecular weight is 283 g/mol. The number of nitrogens with zero attached hydrogens (tertiary/aromatic N) is 2. The summed E-state index contributed by atoms with van der Waals surface area (Å²) in [6.07, 6.45) is 8.85. The highest BCUT2D eigenvalue weighted by Gasteiger charge is 2.17. The molecule has 1 fully saturated rings. The number of para-hydroxylation sites is 2. The molecule has 1 saturated carbocycles. The van der Waals surface area contributed by atoms with Crippen molar-refractivity contribution in [3.63, 3.8) is 0 Å². The second kappa shape index (κ2) is 6.99. The minimum atomic E-state index is 0.820. The van der Waals surface area contributed by atoms with Gasteiger partial charge in [-0.3, -0.25) is 4.98 Å². The summed E-state index contributed by atoms with van der Waals surface area (Å²) in [6.45, 7) is 4.29. The van der Waals surface area contributed by atoms with Gasteiger partial charge in [0.05, 0.1) is 22.9 Å². The van der Waals surface area contributed by atoms with Gasteiger partial charge in [-0.1, -0.05) is 44.7 Å². The topological polar surface area (TPSA) is 37.8 Å².